The van der Waals surface area contributed by atoms with E-state index in [9.17, 15) is 31.1 Å². The number of nitrogens with zero attached hydrogens (tertiary/aromatic N) is 2. The van der Waals surface area contributed by atoms with E-state index >= 15 is 0 Å². The molecule has 0 saturated carbocycles. The van der Waals surface area contributed by atoms with Crippen LogP contribution < -0.4 is 5.32 Å². The minimum atomic E-state index is -5.08. The Morgan fingerprint density at radius 1 is 1.02 bits per heavy atom. The van der Waals surface area contributed by atoms with Gasteiger partial charge in [-0.2, -0.15) is 26.3 Å². The zero-order chi connectivity index (χ0) is 33.1. The molecule has 44 heavy (non-hydrogen) atoms. The Hall–Kier alpha value is -3.76. The maximum atomic E-state index is 12.4. The van der Waals surface area contributed by atoms with E-state index in [0.29, 0.717) is 25.3 Å². The van der Waals surface area contributed by atoms with Crippen LogP contribution in [-0.4, -0.2) is 94.8 Å². The summed E-state index contributed by atoms with van der Waals surface area (Å²) >= 11 is 0. The summed E-state index contributed by atoms with van der Waals surface area (Å²) < 4.78 is 75.9. The van der Waals surface area contributed by atoms with Crippen molar-refractivity contribution in [3.8, 4) is 0 Å². The second-order valence-corrected chi connectivity index (χ2v) is 10.2. The van der Waals surface area contributed by atoms with Crippen LogP contribution in [-0.2, 0) is 25.6 Å². The van der Waals surface area contributed by atoms with Gasteiger partial charge < -0.3 is 25.0 Å². The lowest BCUT2D eigenvalue weighted by Crippen LogP contribution is -2.45. The lowest BCUT2D eigenvalue weighted by atomic mass is 10.00. The van der Waals surface area contributed by atoms with E-state index in [0.717, 1.165) is 43.7 Å². The SMILES string of the molecule is Cc1ccc(C(=O)NC[C@H]2CC[C@]3(COCCN(Cc4ncccc4C)C3)O2)cc1.O=C(O)C(F)(F)F.O=C(O)C(F)(F)F. The fourth-order valence-electron chi connectivity index (χ4n) is 4.29. The summed E-state index contributed by atoms with van der Waals surface area (Å²) in [5.41, 5.74) is 3.84. The summed E-state index contributed by atoms with van der Waals surface area (Å²) in [6.07, 6.45) is -6.44. The average Bonchev–Trinajstić information content (AvgIpc) is 3.22. The number of rotatable bonds is 5. The van der Waals surface area contributed by atoms with Crippen molar-refractivity contribution in [3.05, 3.63) is 65.0 Å². The van der Waals surface area contributed by atoms with Gasteiger partial charge in [-0.3, -0.25) is 14.7 Å². The molecular formula is C28H33F6N3O7. The molecule has 0 unspecified atom stereocenters. The van der Waals surface area contributed by atoms with Gasteiger partial charge in [-0.05, 0) is 50.5 Å². The maximum Gasteiger partial charge on any atom is 0.490 e. The molecule has 4 rings (SSSR count). The molecule has 2 saturated heterocycles. The molecule has 1 aromatic carbocycles. The molecule has 2 aliphatic heterocycles. The number of benzene rings is 1. The number of aryl methyl sites for hydroxylation is 2. The van der Waals surface area contributed by atoms with Crippen LogP contribution in [0.3, 0.4) is 0 Å². The summed E-state index contributed by atoms with van der Waals surface area (Å²) in [4.78, 5) is 37.1. The fraction of sp³-hybridized carbons (Fsp3) is 0.500. The van der Waals surface area contributed by atoms with Gasteiger partial charge in [0, 0.05) is 37.9 Å². The molecule has 16 heteroatoms. The van der Waals surface area contributed by atoms with Gasteiger partial charge in [0.25, 0.3) is 5.91 Å². The van der Waals surface area contributed by atoms with Gasteiger partial charge in [-0.15, -0.1) is 0 Å². The number of aromatic nitrogens is 1. The largest absolute Gasteiger partial charge is 0.490 e. The van der Waals surface area contributed by atoms with Gasteiger partial charge in [0.2, 0.25) is 0 Å². The molecule has 10 nitrogen and oxygen atoms in total. The summed E-state index contributed by atoms with van der Waals surface area (Å²) in [7, 11) is 0. The minimum absolute atomic E-state index is 0.0135. The summed E-state index contributed by atoms with van der Waals surface area (Å²) in [6, 6.07) is 11.7. The van der Waals surface area contributed by atoms with Gasteiger partial charge in [0.15, 0.2) is 0 Å². The number of ether oxygens (including phenoxy) is 2. The van der Waals surface area contributed by atoms with E-state index in [4.69, 9.17) is 29.3 Å². The first-order chi connectivity index (χ1) is 20.4. The van der Waals surface area contributed by atoms with Crippen molar-refractivity contribution in [1.82, 2.24) is 15.2 Å². The van der Waals surface area contributed by atoms with E-state index in [1.54, 1.807) is 0 Å². The standard InChI is InChI=1S/C24H31N3O3.2C2HF3O2/c1-18-5-7-20(8-6-18)23(28)26-14-21-9-10-24(30-21)16-27(12-13-29-17-24)15-22-19(2)4-3-11-25-22;2*3-2(4,5)1(6)7/h3-8,11,21H,9-10,12-17H2,1-2H3,(H,26,28);2*(H,6,7)/t21-,24+;;/m1../s1. The third kappa shape index (κ3) is 12.1. The van der Waals surface area contributed by atoms with Crippen LogP contribution in [0.1, 0.15) is 40.0 Å². The van der Waals surface area contributed by atoms with Crippen LogP contribution >= 0.6 is 0 Å². The van der Waals surface area contributed by atoms with Crippen LogP contribution in [0, 0.1) is 13.8 Å². The number of hydrogen-bond acceptors (Lipinski definition) is 7. The molecule has 2 fully saturated rings. The molecule has 2 aromatic rings. The van der Waals surface area contributed by atoms with Crippen LogP contribution in [0.5, 0.6) is 0 Å². The number of carbonyl (C=O) groups is 3. The van der Waals surface area contributed by atoms with Crippen molar-refractivity contribution in [2.45, 2.75) is 57.3 Å². The molecule has 1 spiro atoms. The normalized spacial score (nSPS) is 20.4. The first kappa shape index (κ1) is 36.4. The summed E-state index contributed by atoms with van der Waals surface area (Å²) in [5, 5.41) is 17.3. The third-order valence-electron chi connectivity index (χ3n) is 6.55. The van der Waals surface area contributed by atoms with Gasteiger partial charge in [-0.1, -0.05) is 23.8 Å². The number of carboxylic acids is 2. The number of pyridine rings is 1. The predicted octanol–water partition coefficient (Wildman–Crippen LogP) is 4.15. The van der Waals surface area contributed by atoms with Crippen molar-refractivity contribution in [2.75, 3.05) is 32.8 Å². The summed E-state index contributed by atoms with van der Waals surface area (Å²) in [6.45, 7) is 8.44. The molecular weight excluding hydrogens is 604 g/mol. The van der Waals surface area contributed by atoms with Crippen LogP contribution in [0.4, 0.5) is 26.3 Å². The molecule has 0 bridgehead atoms. The number of aliphatic carboxylic acids is 2. The Kier molecular flexibility index (Phi) is 13.1. The zero-order valence-corrected chi connectivity index (χ0v) is 23.9. The van der Waals surface area contributed by atoms with Crippen molar-refractivity contribution in [1.29, 1.82) is 0 Å². The van der Waals surface area contributed by atoms with Gasteiger partial charge in [0.1, 0.15) is 5.60 Å². The second kappa shape index (κ2) is 15.8. The molecule has 1 amide bonds. The highest BCUT2D eigenvalue weighted by atomic mass is 19.4. The Balaban J connectivity index is 0.000000402. The Labute approximate surface area is 249 Å². The van der Waals surface area contributed by atoms with E-state index in [2.05, 4.69) is 28.2 Å². The smallest absolute Gasteiger partial charge is 0.475 e. The van der Waals surface area contributed by atoms with Crippen molar-refractivity contribution < 1.29 is 60.4 Å². The van der Waals surface area contributed by atoms with Crippen LogP contribution in [0.2, 0.25) is 0 Å². The quantitative estimate of drug-likeness (QED) is 0.413. The lowest BCUT2D eigenvalue weighted by molar-refractivity contribution is -0.193. The second-order valence-electron chi connectivity index (χ2n) is 10.2. The van der Waals surface area contributed by atoms with Crippen LogP contribution in [0.25, 0.3) is 0 Å². The zero-order valence-electron chi connectivity index (χ0n) is 23.9. The highest BCUT2D eigenvalue weighted by Crippen LogP contribution is 2.33. The molecule has 244 valence electrons. The highest BCUT2D eigenvalue weighted by Gasteiger charge is 2.43. The van der Waals surface area contributed by atoms with Gasteiger partial charge >= 0.3 is 24.3 Å². The molecule has 1 aromatic heterocycles. The lowest BCUT2D eigenvalue weighted by Gasteiger charge is -2.32. The first-order valence-corrected chi connectivity index (χ1v) is 13.3. The van der Waals surface area contributed by atoms with Crippen LogP contribution in [0.15, 0.2) is 42.6 Å². The number of carboxylic acid groups (broad SMARTS) is 2. The number of hydrogen-bond donors (Lipinski definition) is 3. The van der Waals surface area contributed by atoms with E-state index in [1.165, 1.54) is 5.56 Å². The Morgan fingerprint density at radius 3 is 2.16 bits per heavy atom. The molecule has 2 atom stereocenters. The molecule has 3 heterocycles. The highest BCUT2D eigenvalue weighted by molar-refractivity contribution is 5.94. The Bertz CT molecular complexity index is 1230. The molecule has 3 N–H and O–H groups in total. The topological polar surface area (TPSA) is 138 Å². The first-order valence-electron chi connectivity index (χ1n) is 13.3. The van der Waals surface area contributed by atoms with Crippen molar-refractivity contribution >= 4 is 17.8 Å². The van der Waals surface area contributed by atoms with Gasteiger partial charge in [0.05, 0.1) is 25.0 Å². The summed E-state index contributed by atoms with van der Waals surface area (Å²) in [5.74, 6) is -5.57. The number of alkyl halides is 6. The molecule has 2 aliphatic rings. The average molecular weight is 638 g/mol. The van der Waals surface area contributed by atoms with E-state index in [-0.39, 0.29) is 17.6 Å². The number of nitrogens with one attached hydrogen (secondary N) is 1. The minimum Gasteiger partial charge on any atom is -0.475 e. The van der Waals surface area contributed by atoms with E-state index < -0.39 is 24.3 Å². The Morgan fingerprint density at radius 2 is 1.61 bits per heavy atom. The number of amides is 1. The molecule has 0 aliphatic carbocycles. The van der Waals surface area contributed by atoms with E-state index in [1.807, 2.05) is 43.5 Å². The van der Waals surface area contributed by atoms with Crippen molar-refractivity contribution in [3.63, 3.8) is 0 Å². The fourth-order valence-corrected chi connectivity index (χ4v) is 4.29. The third-order valence-corrected chi connectivity index (χ3v) is 6.55. The van der Waals surface area contributed by atoms with Crippen molar-refractivity contribution in [2.24, 2.45) is 0 Å². The molecule has 0 radical (unpaired) electrons. The monoisotopic (exact) mass is 637 g/mol. The predicted molar refractivity (Wildman–Crippen MR) is 143 cm³/mol. The maximum absolute atomic E-state index is 12.4. The van der Waals surface area contributed by atoms with Gasteiger partial charge in [-0.25, -0.2) is 9.59 Å². The number of halogens is 6. The number of carbonyl (C=O) groups excluding carboxylic acids is 1.